The average Bonchev–Trinajstić information content (AvgIpc) is 3.30. The van der Waals surface area contributed by atoms with E-state index in [1.54, 1.807) is 13.2 Å². The van der Waals surface area contributed by atoms with E-state index in [0.29, 0.717) is 18.1 Å². The van der Waals surface area contributed by atoms with Crippen LogP contribution in [-0.2, 0) is 11.8 Å². The highest BCUT2D eigenvalue weighted by Gasteiger charge is 2.26. The third kappa shape index (κ3) is 2.99. The van der Waals surface area contributed by atoms with Gasteiger partial charge in [0.2, 0.25) is 5.91 Å². The van der Waals surface area contributed by atoms with E-state index >= 15 is 0 Å². The number of carbonyl (C=O) groups excluding carboxylic acids is 1. The van der Waals surface area contributed by atoms with Crippen molar-refractivity contribution in [2.75, 3.05) is 19.6 Å². The second-order valence-electron chi connectivity index (χ2n) is 7.57. The first-order valence-corrected chi connectivity index (χ1v) is 9.99. The van der Waals surface area contributed by atoms with Gasteiger partial charge in [0, 0.05) is 30.4 Å². The number of hydrogen-bond acceptors (Lipinski definition) is 4. The number of carbonyl (C=O) groups is 1. The number of likely N-dealkylation sites (N-methyl/N-ethyl adjacent to an activating group) is 1. The molecule has 1 saturated heterocycles. The van der Waals surface area contributed by atoms with E-state index in [2.05, 4.69) is 22.2 Å². The molecule has 1 aromatic carbocycles. The van der Waals surface area contributed by atoms with Gasteiger partial charge in [-0.1, -0.05) is 25.1 Å². The third-order valence-corrected chi connectivity index (χ3v) is 5.99. The first-order chi connectivity index (χ1) is 13.5. The number of rotatable bonds is 5. The Balaban J connectivity index is 1.70. The molecule has 2 aromatic heterocycles. The minimum Gasteiger partial charge on any atom is -0.353 e. The second-order valence-corrected chi connectivity index (χ2v) is 7.57. The number of amides is 1. The van der Waals surface area contributed by atoms with Gasteiger partial charge in [0.25, 0.3) is 5.56 Å². The lowest BCUT2D eigenvalue weighted by Gasteiger charge is -2.24. The number of nitrogens with zero attached hydrogens (tertiary/aromatic N) is 4. The fourth-order valence-corrected chi connectivity index (χ4v) is 4.42. The molecule has 1 fully saturated rings. The molecule has 1 amide bonds. The lowest BCUT2D eigenvalue weighted by atomic mass is 10.2. The van der Waals surface area contributed by atoms with Crippen molar-refractivity contribution in [3.05, 3.63) is 40.8 Å². The zero-order chi connectivity index (χ0) is 19.8. The molecule has 1 aliphatic heterocycles. The molecule has 0 bridgehead atoms. The van der Waals surface area contributed by atoms with Gasteiger partial charge in [-0.05, 0) is 38.9 Å². The summed E-state index contributed by atoms with van der Waals surface area (Å²) in [4.78, 5) is 28.2. The van der Waals surface area contributed by atoms with Crippen molar-refractivity contribution < 1.29 is 4.79 Å². The maximum Gasteiger partial charge on any atom is 0.291 e. The zero-order valence-electron chi connectivity index (χ0n) is 16.7. The molecule has 3 aromatic rings. The molecule has 0 radical (unpaired) electrons. The number of likely N-dealkylation sites (tertiary alicyclic amines) is 1. The smallest absolute Gasteiger partial charge is 0.291 e. The molecular weight excluding hydrogens is 354 g/mol. The predicted molar refractivity (Wildman–Crippen MR) is 110 cm³/mol. The molecule has 0 spiro atoms. The van der Waals surface area contributed by atoms with Crippen LogP contribution in [0.5, 0.6) is 0 Å². The Morgan fingerprint density at radius 1 is 1.32 bits per heavy atom. The largest absolute Gasteiger partial charge is 0.353 e. The number of benzene rings is 1. The molecule has 0 aliphatic carbocycles. The van der Waals surface area contributed by atoms with Gasteiger partial charge in [0.15, 0.2) is 0 Å². The number of hydrogen-bond donors (Lipinski definition) is 1. The molecule has 4 rings (SSSR count). The van der Waals surface area contributed by atoms with Crippen LogP contribution in [0.2, 0.25) is 0 Å². The molecule has 1 N–H and O–H groups in total. The summed E-state index contributed by atoms with van der Waals surface area (Å²) in [7, 11) is 1.63. The van der Waals surface area contributed by atoms with Gasteiger partial charge in [-0.3, -0.25) is 14.5 Å². The SMILES string of the molecule is CCN1CCC[C@H]1CNC(=O)[C@@H](C)n1c2ccccc2c2cnn(C)c(=O)c21. The number of fused-ring (bicyclic) bond motifs is 3. The second kappa shape index (κ2) is 7.39. The summed E-state index contributed by atoms with van der Waals surface area (Å²) >= 11 is 0. The average molecular weight is 381 g/mol. The topological polar surface area (TPSA) is 72.2 Å². The summed E-state index contributed by atoms with van der Waals surface area (Å²) in [5.41, 5.74) is 1.21. The van der Waals surface area contributed by atoms with Crippen molar-refractivity contribution in [3.8, 4) is 0 Å². The Bertz CT molecular complexity index is 1080. The van der Waals surface area contributed by atoms with Gasteiger partial charge in [0.05, 0.1) is 11.7 Å². The Morgan fingerprint density at radius 2 is 2.11 bits per heavy atom. The van der Waals surface area contributed by atoms with Crippen molar-refractivity contribution >= 4 is 27.7 Å². The summed E-state index contributed by atoms with van der Waals surface area (Å²) in [6, 6.07) is 7.70. The predicted octanol–water partition coefficient (Wildman–Crippen LogP) is 2.05. The fourth-order valence-electron chi connectivity index (χ4n) is 4.42. The monoisotopic (exact) mass is 381 g/mol. The van der Waals surface area contributed by atoms with E-state index in [9.17, 15) is 9.59 Å². The van der Waals surface area contributed by atoms with Gasteiger partial charge in [0.1, 0.15) is 11.6 Å². The maximum absolute atomic E-state index is 13.0. The standard InChI is InChI=1S/C21H27N5O2/c1-4-25-11-7-8-15(25)12-22-20(27)14(2)26-18-10-6-5-9-16(18)17-13-23-24(3)21(28)19(17)26/h5-6,9-10,13-15H,4,7-8,11-12H2,1-3H3,(H,22,27)/t14-,15+/m1/s1. The normalized spacial score (nSPS) is 18.8. The molecule has 0 unspecified atom stereocenters. The number of para-hydroxylation sites is 1. The Hall–Kier alpha value is -2.67. The molecule has 2 atom stereocenters. The van der Waals surface area contributed by atoms with Crippen molar-refractivity contribution in [2.45, 2.75) is 38.8 Å². The summed E-state index contributed by atoms with van der Waals surface area (Å²) in [5.74, 6) is -0.0653. The minimum atomic E-state index is -0.492. The third-order valence-electron chi connectivity index (χ3n) is 5.99. The van der Waals surface area contributed by atoms with E-state index in [1.807, 2.05) is 35.8 Å². The molecule has 7 heteroatoms. The van der Waals surface area contributed by atoms with Crippen LogP contribution in [0.3, 0.4) is 0 Å². The zero-order valence-corrected chi connectivity index (χ0v) is 16.7. The molecule has 7 nitrogen and oxygen atoms in total. The van der Waals surface area contributed by atoms with E-state index in [1.165, 1.54) is 11.1 Å². The van der Waals surface area contributed by atoms with Gasteiger partial charge in [-0.2, -0.15) is 5.10 Å². The van der Waals surface area contributed by atoms with E-state index in [-0.39, 0.29) is 11.5 Å². The fraction of sp³-hybridized carbons (Fsp3) is 0.476. The first-order valence-electron chi connectivity index (χ1n) is 9.99. The van der Waals surface area contributed by atoms with E-state index in [0.717, 1.165) is 35.8 Å². The van der Waals surface area contributed by atoms with Crippen LogP contribution in [0.25, 0.3) is 21.8 Å². The first kappa shape index (κ1) is 18.7. The van der Waals surface area contributed by atoms with Crippen molar-refractivity contribution in [1.82, 2.24) is 24.6 Å². The van der Waals surface area contributed by atoms with Gasteiger partial charge >= 0.3 is 0 Å². The summed E-state index contributed by atoms with van der Waals surface area (Å²) in [6.07, 6.45) is 4.00. The van der Waals surface area contributed by atoms with Crippen LogP contribution in [0, 0.1) is 0 Å². The lowest BCUT2D eigenvalue weighted by molar-refractivity contribution is -0.123. The number of aromatic nitrogens is 3. The lowest BCUT2D eigenvalue weighted by Crippen LogP contribution is -2.42. The van der Waals surface area contributed by atoms with E-state index in [4.69, 9.17) is 0 Å². The Morgan fingerprint density at radius 3 is 2.89 bits per heavy atom. The molecular formula is C21H27N5O2. The van der Waals surface area contributed by atoms with Crippen LogP contribution in [0.1, 0.15) is 32.7 Å². The molecule has 0 saturated carbocycles. The maximum atomic E-state index is 13.0. The van der Waals surface area contributed by atoms with Crippen LogP contribution in [0.15, 0.2) is 35.3 Å². The van der Waals surface area contributed by atoms with Crippen LogP contribution in [0.4, 0.5) is 0 Å². The van der Waals surface area contributed by atoms with Crippen LogP contribution >= 0.6 is 0 Å². The number of nitrogens with one attached hydrogen (secondary N) is 1. The highest BCUT2D eigenvalue weighted by molar-refractivity contribution is 6.08. The molecule has 1 aliphatic rings. The van der Waals surface area contributed by atoms with Gasteiger partial charge in [-0.25, -0.2) is 4.68 Å². The van der Waals surface area contributed by atoms with Crippen molar-refractivity contribution in [3.63, 3.8) is 0 Å². The quantitative estimate of drug-likeness (QED) is 0.734. The Kier molecular flexibility index (Phi) is 4.93. The van der Waals surface area contributed by atoms with Crippen LogP contribution in [-0.4, -0.2) is 50.8 Å². The Labute approximate surface area is 163 Å². The highest BCUT2D eigenvalue weighted by atomic mass is 16.2. The number of aryl methyl sites for hydroxylation is 1. The van der Waals surface area contributed by atoms with E-state index < -0.39 is 6.04 Å². The van der Waals surface area contributed by atoms with Crippen molar-refractivity contribution in [1.29, 1.82) is 0 Å². The summed E-state index contributed by atoms with van der Waals surface area (Å²) in [5, 5.41) is 9.00. The molecule has 28 heavy (non-hydrogen) atoms. The molecule has 148 valence electrons. The van der Waals surface area contributed by atoms with Gasteiger partial charge in [-0.15, -0.1) is 0 Å². The van der Waals surface area contributed by atoms with Crippen molar-refractivity contribution in [2.24, 2.45) is 7.05 Å². The summed E-state index contributed by atoms with van der Waals surface area (Å²) < 4.78 is 3.18. The van der Waals surface area contributed by atoms with Crippen LogP contribution < -0.4 is 10.9 Å². The molecule has 3 heterocycles. The summed E-state index contributed by atoms with van der Waals surface area (Å²) in [6.45, 7) is 6.76. The minimum absolute atomic E-state index is 0.0653. The van der Waals surface area contributed by atoms with Gasteiger partial charge < -0.3 is 9.88 Å². The highest BCUT2D eigenvalue weighted by Crippen LogP contribution is 2.29.